The molecule has 2 rings (SSSR count). The smallest absolute Gasteiger partial charge is 0.406 e. The standard InChI is InChI=1S/C15H19F3N2O3/c1-20(14(21)13-7-12(22-2)8-19-13)9-10-4-3-5-11(6-10)23-15(16,17)18/h3-6,12-13,19H,7-9H2,1-2H3/t12-,13-/m0/s1. The summed E-state index contributed by atoms with van der Waals surface area (Å²) in [6.45, 7) is 0.805. The maximum atomic E-state index is 12.3. The van der Waals surface area contributed by atoms with Gasteiger partial charge in [-0.15, -0.1) is 13.2 Å². The van der Waals surface area contributed by atoms with Crippen LogP contribution in [0.25, 0.3) is 0 Å². The minimum atomic E-state index is -4.73. The Kier molecular flexibility index (Phi) is 5.48. The number of carbonyl (C=O) groups is 1. The lowest BCUT2D eigenvalue weighted by Crippen LogP contribution is -2.41. The van der Waals surface area contributed by atoms with Crippen LogP contribution in [0.3, 0.4) is 0 Å². The molecule has 8 heteroatoms. The molecular formula is C15H19F3N2O3. The van der Waals surface area contributed by atoms with Gasteiger partial charge in [-0.2, -0.15) is 0 Å². The van der Waals surface area contributed by atoms with E-state index in [9.17, 15) is 18.0 Å². The van der Waals surface area contributed by atoms with Crippen LogP contribution in [-0.2, 0) is 16.1 Å². The number of carbonyl (C=O) groups excluding carboxylic acids is 1. The van der Waals surface area contributed by atoms with E-state index in [4.69, 9.17) is 4.74 Å². The maximum Gasteiger partial charge on any atom is 0.573 e. The Morgan fingerprint density at radius 3 is 2.78 bits per heavy atom. The van der Waals surface area contributed by atoms with E-state index in [0.717, 1.165) is 0 Å². The zero-order chi connectivity index (χ0) is 17.0. The molecular weight excluding hydrogens is 313 g/mol. The van der Waals surface area contributed by atoms with Gasteiger partial charge in [0.05, 0.1) is 12.1 Å². The van der Waals surface area contributed by atoms with Crippen molar-refractivity contribution in [1.82, 2.24) is 10.2 Å². The Bertz CT molecular complexity index is 551. The van der Waals surface area contributed by atoms with Gasteiger partial charge in [-0.1, -0.05) is 12.1 Å². The number of nitrogens with one attached hydrogen (secondary N) is 1. The number of rotatable bonds is 5. The molecule has 1 aliphatic heterocycles. The van der Waals surface area contributed by atoms with Crippen LogP contribution in [0, 0.1) is 0 Å². The highest BCUT2D eigenvalue weighted by atomic mass is 19.4. The molecule has 0 aromatic heterocycles. The number of halogens is 3. The summed E-state index contributed by atoms with van der Waals surface area (Å²) in [4.78, 5) is 13.8. The molecule has 1 aliphatic rings. The average Bonchev–Trinajstić information content (AvgIpc) is 2.93. The molecule has 1 amide bonds. The van der Waals surface area contributed by atoms with Gasteiger partial charge < -0.3 is 19.7 Å². The third-order valence-electron chi connectivity index (χ3n) is 3.65. The van der Waals surface area contributed by atoms with Crippen molar-refractivity contribution in [3.05, 3.63) is 29.8 Å². The summed E-state index contributed by atoms with van der Waals surface area (Å²) in [6, 6.07) is 5.27. The largest absolute Gasteiger partial charge is 0.573 e. The van der Waals surface area contributed by atoms with Crippen molar-refractivity contribution in [3.63, 3.8) is 0 Å². The fourth-order valence-corrected chi connectivity index (χ4v) is 2.53. The van der Waals surface area contributed by atoms with Crippen molar-refractivity contribution in [2.75, 3.05) is 20.7 Å². The van der Waals surface area contributed by atoms with Crippen LogP contribution in [0.15, 0.2) is 24.3 Å². The number of methoxy groups -OCH3 is 1. The Labute approximate surface area is 132 Å². The third-order valence-corrected chi connectivity index (χ3v) is 3.65. The van der Waals surface area contributed by atoms with Gasteiger partial charge in [0.25, 0.3) is 0 Å². The molecule has 0 radical (unpaired) electrons. The minimum Gasteiger partial charge on any atom is -0.406 e. The molecule has 0 spiro atoms. The first kappa shape index (κ1) is 17.6. The second-order valence-corrected chi connectivity index (χ2v) is 5.44. The fraction of sp³-hybridized carbons (Fsp3) is 0.533. The van der Waals surface area contributed by atoms with Crippen molar-refractivity contribution in [1.29, 1.82) is 0 Å². The first-order valence-electron chi connectivity index (χ1n) is 7.14. The number of hydrogen-bond acceptors (Lipinski definition) is 4. The summed E-state index contributed by atoms with van der Waals surface area (Å²) in [7, 11) is 3.20. The van der Waals surface area contributed by atoms with Crippen LogP contribution in [0.1, 0.15) is 12.0 Å². The Morgan fingerprint density at radius 1 is 1.43 bits per heavy atom. The number of alkyl halides is 3. The summed E-state index contributed by atoms with van der Waals surface area (Å²) < 4.78 is 45.8. The van der Waals surface area contributed by atoms with E-state index in [1.165, 1.54) is 23.1 Å². The molecule has 1 fully saturated rings. The van der Waals surface area contributed by atoms with Gasteiger partial charge in [-0.05, 0) is 24.1 Å². The van der Waals surface area contributed by atoms with Crippen LogP contribution in [0.5, 0.6) is 5.75 Å². The van der Waals surface area contributed by atoms with E-state index >= 15 is 0 Å². The molecule has 1 N–H and O–H groups in total. The van der Waals surface area contributed by atoms with Gasteiger partial charge >= 0.3 is 6.36 Å². The molecule has 1 saturated heterocycles. The number of likely N-dealkylation sites (N-methyl/N-ethyl adjacent to an activating group) is 1. The third kappa shape index (κ3) is 5.11. The van der Waals surface area contributed by atoms with Gasteiger partial charge in [-0.25, -0.2) is 0 Å². The van der Waals surface area contributed by atoms with Gasteiger partial charge in [0.2, 0.25) is 5.91 Å². The zero-order valence-corrected chi connectivity index (χ0v) is 12.9. The first-order chi connectivity index (χ1) is 10.8. The van der Waals surface area contributed by atoms with Crippen molar-refractivity contribution in [2.24, 2.45) is 0 Å². The van der Waals surface area contributed by atoms with Crippen LogP contribution in [0.2, 0.25) is 0 Å². The maximum absolute atomic E-state index is 12.3. The van der Waals surface area contributed by atoms with Crippen molar-refractivity contribution in [2.45, 2.75) is 31.5 Å². The van der Waals surface area contributed by atoms with E-state index in [-0.39, 0.29) is 30.3 Å². The second kappa shape index (κ2) is 7.18. The van der Waals surface area contributed by atoms with Gasteiger partial charge in [0.1, 0.15) is 5.75 Å². The lowest BCUT2D eigenvalue weighted by Gasteiger charge is -2.21. The van der Waals surface area contributed by atoms with Crippen molar-refractivity contribution < 1.29 is 27.4 Å². The summed E-state index contributed by atoms with van der Waals surface area (Å²) in [5.41, 5.74) is 0.559. The van der Waals surface area contributed by atoms with Gasteiger partial charge in [-0.3, -0.25) is 4.79 Å². The van der Waals surface area contributed by atoms with Crippen LogP contribution in [-0.4, -0.2) is 50.0 Å². The van der Waals surface area contributed by atoms with E-state index in [0.29, 0.717) is 18.5 Å². The predicted octanol–water partition coefficient (Wildman–Crippen LogP) is 1.92. The molecule has 1 aromatic carbocycles. The SMILES string of the molecule is CO[C@@H]1CN[C@H](C(=O)N(C)Cc2cccc(OC(F)(F)F)c2)C1. The van der Waals surface area contributed by atoms with E-state index in [1.54, 1.807) is 20.2 Å². The van der Waals surface area contributed by atoms with E-state index < -0.39 is 6.36 Å². The van der Waals surface area contributed by atoms with Gasteiger partial charge in [0, 0.05) is 27.2 Å². The molecule has 0 bridgehead atoms. The number of ether oxygens (including phenoxy) is 2. The monoisotopic (exact) mass is 332 g/mol. The van der Waals surface area contributed by atoms with Crippen LogP contribution >= 0.6 is 0 Å². The van der Waals surface area contributed by atoms with Crippen LogP contribution < -0.4 is 10.1 Å². The Balaban J connectivity index is 1.96. The number of hydrogen-bond donors (Lipinski definition) is 1. The number of amides is 1. The normalized spacial score (nSPS) is 21.3. The molecule has 2 atom stereocenters. The fourth-order valence-electron chi connectivity index (χ4n) is 2.53. The molecule has 128 valence electrons. The summed E-state index contributed by atoms with van der Waals surface area (Å²) in [5, 5.41) is 3.08. The van der Waals surface area contributed by atoms with E-state index in [1.807, 2.05) is 0 Å². The van der Waals surface area contributed by atoms with Crippen molar-refractivity contribution >= 4 is 5.91 Å². The summed E-state index contributed by atoms with van der Waals surface area (Å²) in [5.74, 6) is -0.416. The van der Waals surface area contributed by atoms with Gasteiger partial charge in [0.15, 0.2) is 0 Å². The molecule has 23 heavy (non-hydrogen) atoms. The molecule has 5 nitrogen and oxygen atoms in total. The number of nitrogens with zero attached hydrogens (tertiary/aromatic N) is 1. The Morgan fingerprint density at radius 2 is 2.17 bits per heavy atom. The Hall–Kier alpha value is -1.80. The highest BCUT2D eigenvalue weighted by Gasteiger charge is 2.32. The molecule has 0 aliphatic carbocycles. The average molecular weight is 332 g/mol. The lowest BCUT2D eigenvalue weighted by molar-refractivity contribution is -0.274. The summed E-state index contributed by atoms with van der Waals surface area (Å²) in [6.07, 6.45) is -4.15. The highest BCUT2D eigenvalue weighted by Crippen LogP contribution is 2.24. The second-order valence-electron chi connectivity index (χ2n) is 5.44. The molecule has 0 saturated carbocycles. The van der Waals surface area contributed by atoms with E-state index in [2.05, 4.69) is 10.1 Å². The molecule has 0 unspecified atom stereocenters. The quantitative estimate of drug-likeness (QED) is 0.895. The molecule has 1 heterocycles. The summed E-state index contributed by atoms with van der Waals surface area (Å²) >= 11 is 0. The molecule has 1 aromatic rings. The number of benzene rings is 1. The zero-order valence-electron chi connectivity index (χ0n) is 12.9. The van der Waals surface area contributed by atoms with Crippen molar-refractivity contribution in [3.8, 4) is 5.75 Å². The lowest BCUT2D eigenvalue weighted by atomic mass is 10.1. The first-order valence-corrected chi connectivity index (χ1v) is 7.14. The minimum absolute atomic E-state index is 0.000800. The predicted molar refractivity (Wildman–Crippen MR) is 76.8 cm³/mol. The highest BCUT2D eigenvalue weighted by molar-refractivity contribution is 5.82. The topological polar surface area (TPSA) is 50.8 Å². The van der Waals surface area contributed by atoms with Crippen LogP contribution in [0.4, 0.5) is 13.2 Å².